The number of nitrogens with zero attached hydrogens (tertiary/aromatic N) is 3. The zero-order chi connectivity index (χ0) is 21.3. The van der Waals surface area contributed by atoms with Crippen LogP contribution in [-0.4, -0.2) is 31.9 Å². The van der Waals surface area contributed by atoms with Gasteiger partial charge < -0.3 is 14.3 Å². The van der Waals surface area contributed by atoms with E-state index in [9.17, 15) is 14.4 Å². The smallest absolute Gasteiger partial charge is 0.408 e. The number of hydrogen-bond donors (Lipinski definition) is 1. The Balaban J connectivity index is 1.63. The first-order valence-corrected chi connectivity index (χ1v) is 9.88. The lowest BCUT2D eigenvalue weighted by Gasteiger charge is -2.21. The van der Waals surface area contributed by atoms with Gasteiger partial charge in [-0.05, 0) is 36.8 Å². The summed E-state index contributed by atoms with van der Waals surface area (Å²) in [6.45, 7) is 2.32. The van der Waals surface area contributed by atoms with Crippen LogP contribution in [0.25, 0.3) is 22.0 Å². The van der Waals surface area contributed by atoms with Gasteiger partial charge in [0.1, 0.15) is 12.4 Å². The van der Waals surface area contributed by atoms with Gasteiger partial charge in [-0.15, -0.1) is 0 Å². The van der Waals surface area contributed by atoms with Crippen LogP contribution in [0.2, 0.25) is 5.02 Å². The fourth-order valence-electron chi connectivity index (χ4n) is 3.38. The summed E-state index contributed by atoms with van der Waals surface area (Å²) in [5, 5.41) is 0.896. The molecule has 0 saturated heterocycles. The molecule has 0 aliphatic heterocycles. The standard InChI is InChI=1S/C21H19ClN4O4/c1-2-9-25(11-18-23-15-10-13(22)7-8-14(15)20(28)24-18)19(27)12-26-16-5-3-4-6-17(16)30-21(26)29/h3-8,10H,2,9,11-12H2,1H3,(H,23,24,28). The topological polar surface area (TPSA) is 101 Å². The molecule has 0 unspecified atom stereocenters. The fourth-order valence-corrected chi connectivity index (χ4v) is 3.54. The molecular weight excluding hydrogens is 408 g/mol. The normalized spacial score (nSPS) is 11.3. The average Bonchev–Trinajstić information content (AvgIpc) is 3.02. The zero-order valence-electron chi connectivity index (χ0n) is 16.2. The van der Waals surface area contributed by atoms with Crippen LogP contribution in [0.15, 0.2) is 56.5 Å². The van der Waals surface area contributed by atoms with Gasteiger partial charge in [0.05, 0.1) is 23.0 Å². The van der Waals surface area contributed by atoms with E-state index in [0.29, 0.717) is 45.8 Å². The predicted octanol–water partition coefficient (Wildman–Crippen LogP) is 2.92. The largest absolute Gasteiger partial charge is 0.420 e. The highest BCUT2D eigenvalue weighted by molar-refractivity contribution is 6.31. The Hall–Kier alpha value is -3.39. The maximum absolute atomic E-state index is 13.0. The Labute approximate surface area is 175 Å². The number of benzene rings is 2. The minimum absolute atomic E-state index is 0.106. The van der Waals surface area contributed by atoms with Crippen molar-refractivity contribution in [2.24, 2.45) is 0 Å². The van der Waals surface area contributed by atoms with Crippen LogP contribution in [-0.2, 0) is 17.9 Å². The second-order valence-electron chi connectivity index (χ2n) is 6.91. The third-order valence-electron chi connectivity index (χ3n) is 4.77. The van der Waals surface area contributed by atoms with Crippen LogP contribution in [0.5, 0.6) is 0 Å². The maximum Gasteiger partial charge on any atom is 0.420 e. The molecule has 4 aromatic rings. The van der Waals surface area contributed by atoms with E-state index in [-0.39, 0.29) is 24.6 Å². The lowest BCUT2D eigenvalue weighted by Crippen LogP contribution is -2.36. The van der Waals surface area contributed by atoms with E-state index in [0.717, 1.165) is 0 Å². The number of amides is 1. The van der Waals surface area contributed by atoms with Crippen LogP contribution in [0, 0.1) is 0 Å². The summed E-state index contributed by atoms with van der Waals surface area (Å²) in [5.41, 5.74) is 1.14. The predicted molar refractivity (Wildman–Crippen MR) is 114 cm³/mol. The van der Waals surface area contributed by atoms with Gasteiger partial charge in [-0.1, -0.05) is 30.7 Å². The highest BCUT2D eigenvalue weighted by Crippen LogP contribution is 2.16. The molecule has 154 valence electrons. The Morgan fingerprint density at radius 1 is 1.23 bits per heavy atom. The summed E-state index contributed by atoms with van der Waals surface area (Å²) in [7, 11) is 0. The number of carbonyl (C=O) groups excluding carboxylic acids is 1. The van der Waals surface area contributed by atoms with E-state index in [4.69, 9.17) is 16.0 Å². The second-order valence-corrected chi connectivity index (χ2v) is 7.35. The number of H-pyrrole nitrogens is 1. The molecule has 0 fully saturated rings. The Bertz CT molecular complexity index is 1350. The summed E-state index contributed by atoms with van der Waals surface area (Å²) in [6, 6.07) is 11.8. The van der Waals surface area contributed by atoms with Crippen LogP contribution in [0.1, 0.15) is 19.2 Å². The number of halogens is 1. The van der Waals surface area contributed by atoms with Crippen molar-refractivity contribution in [3.63, 3.8) is 0 Å². The van der Waals surface area contributed by atoms with Crippen molar-refractivity contribution >= 4 is 39.5 Å². The fraction of sp³-hybridized carbons (Fsp3) is 0.238. The number of aromatic nitrogens is 3. The molecule has 30 heavy (non-hydrogen) atoms. The van der Waals surface area contributed by atoms with Crippen LogP contribution in [0.4, 0.5) is 0 Å². The lowest BCUT2D eigenvalue weighted by molar-refractivity contribution is -0.132. The molecule has 0 radical (unpaired) electrons. The molecule has 1 amide bonds. The molecule has 0 saturated carbocycles. The van der Waals surface area contributed by atoms with Crippen molar-refractivity contribution in [3.8, 4) is 0 Å². The second kappa shape index (κ2) is 8.16. The summed E-state index contributed by atoms with van der Waals surface area (Å²) in [5.74, 6) is -0.520. The third kappa shape index (κ3) is 3.86. The van der Waals surface area contributed by atoms with Gasteiger partial charge >= 0.3 is 5.76 Å². The van der Waals surface area contributed by atoms with Crippen molar-refractivity contribution in [3.05, 3.63) is 74.2 Å². The number of hydrogen-bond acceptors (Lipinski definition) is 5. The van der Waals surface area contributed by atoms with E-state index < -0.39 is 5.76 Å². The summed E-state index contributed by atoms with van der Waals surface area (Å²) >= 11 is 6.01. The number of carbonyl (C=O) groups is 1. The van der Waals surface area contributed by atoms with E-state index in [2.05, 4.69) is 9.97 Å². The number of aromatic amines is 1. The maximum atomic E-state index is 13.0. The Morgan fingerprint density at radius 2 is 2.03 bits per heavy atom. The summed E-state index contributed by atoms with van der Waals surface area (Å²) in [4.78, 5) is 46.3. The number of nitrogens with one attached hydrogen (secondary N) is 1. The van der Waals surface area contributed by atoms with Gasteiger partial charge in [0, 0.05) is 11.6 Å². The van der Waals surface area contributed by atoms with Gasteiger partial charge in [0.2, 0.25) is 5.91 Å². The van der Waals surface area contributed by atoms with Gasteiger partial charge in [-0.3, -0.25) is 14.2 Å². The molecule has 0 aliphatic carbocycles. The van der Waals surface area contributed by atoms with E-state index in [1.54, 1.807) is 47.4 Å². The minimum Gasteiger partial charge on any atom is -0.408 e. The first-order valence-electron chi connectivity index (χ1n) is 9.51. The molecule has 2 heterocycles. The van der Waals surface area contributed by atoms with Crippen molar-refractivity contribution in [2.45, 2.75) is 26.4 Å². The number of oxazole rings is 1. The molecule has 0 atom stereocenters. The van der Waals surface area contributed by atoms with Gasteiger partial charge in [-0.25, -0.2) is 9.78 Å². The number of para-hydroxylation sites is 2. The SMILES string of the molecule is CCCN(Cc1nc2cc(Cl)ccc2c(=O)[nH]1)C(=O)Cn1c(=O)oc2ccccc21. The van der Waals surface area contributed by atoms with Crippen LogP contribution >= 0.6 is 11.6 Å². The molecule has 0 bridgehead atoms. The van der Waals surface area contributed by atoms with Gasteiger partial charge in [0.25, 0.3) is 5.56 Å². The molecule has 9 heteroatoms. The van der Waals surface area contributed by atoms with Crippen LogP contribution < -0.4 is 11.3 Å². The highest BCUT2D eigenvalue weighted by atomic mass is 35.5. The number of rotatable bonds is 6. The highest BCUT2D eigenvalue weighted by Gasteiger charge is 2.19. The summed E-state index contributed by atoms with van der Waals surface area (Å²) in [6.07, 6.45) is 0.705. The molecular formula is C21H19ClN4O4. The molecule has 1 N–H and O–H groups in total. The molecule has 2 aromatic carbocycles. The number of fused-ring (bicyclic) bond motifs is 2. The van der Waals surface area contributed by atoms with Crippen molar-refractivity contribution in [2.75, 3.05) is 6.54 Å². The Kier molecular flexibility index (Phi) is 5.41. The first-order chi connectivity index (χ1) is 14.5. The van der Waals surface area contributed by atoms with Gasteiger partial charge in [0.15, 0.2) is 5.58 Å². The van der Waals surface area contributed by atoms with E-state index in [1.807, 2.05) is 6.92 Å². The molecule has 8 nitrogen and oxygen atoms in total. The van der Waals surface area contributed by atoms with Crippen molar-refractivity contribution in [1.82, 2.24) is 19.4 Å². The third-order valence-corrected chi connectivity index (χ3v) is 5.01. The molecule has 2 aromatic heterocycles. The minimum atomic E-state index is -0.590. The van der Waals surface area contributed by atoms with Crippen molar-refractivity contribution < 1.29 is 9.21 Å². The van der Waals surface area contributed by atoms with E-state index >= 15 is 0 Å². The lowest BCUT2D eigenvalue weighted by atomic mass is 10.2. The average molecular weight is 427 g/mol. The summed E-state index contributed by atoms with van der Waals surface area (Å²) < 4.78 is 6.50. The van der Waals surface area contributed by atoms with Gasteiger partial charge in [-0.2, -0.15) is 0 Å². The monoisotopic (exact) mass is 426 g/mol. The Morgan fingerprint density at radius 3 is 2.83 bits per heavy atom. The molecule has 4 rings (SSSR count). The first kappa shape index (κ1) is 19.9. The van der Waals surface area contributed by atoms with Crippen molar-refractivity contribution in [1.29, 1.82) is 0 Å². The quantitative estimate of drug-likeness (QED) is 0.510. The van der Waals surface area contributed by atoms with Crippen LogP contribution in [0.3, 0.4) is 0 Å². The zero-order valence-corrected chi connectivity index (χ0v) is 17.0. The molecule has 0 aliphatic rings. The van der Waals surface area contributed by atoms with E-state index in [1.165, 1.54) is 4.57 Å². The molecule has 0 spiro atoms.